The Hall–Kier alpha value is -2.30. The number of benzene rings is 2. The molecular formula is C31H40ClNO3. The van der Waals surface area contributed by atoms with E-state index in [4.69, 9.17) is 4.74 Å². The van der Waals surface area contributed by atoms with Crippen LogP contribution in [0.25, 0.3) is 11.1 Å². The van der Waals surface area contributed by atoms with E-state index in [1.54, 1.807) is 6.07 Å². The van der Waals surface area contributed by atoms with Crippen LogP contribution in [-0.4, -0.2) is 42.0 Å². The minimum atomic E-state index is -0.000988. The van der Waals surface area contributed by atoms with Crippen molar-refractivity contribution < 1.29 is 14.6 Å². The Morgan fingerprint density at radius 3 is 2.56 bits per heavy atom. The van der Waals surface area contributed by atoms with Crippen LogP contribution < -0.4 is 4.74 Å². The minimum Gasteiger partial charge on any atom is -0.508 e. The van der Waals surface area contributed by atoms with Crippen molar-refractivity contribution in [3.8, 4) is 11.5 Å². The van der Waals surface area contributed by atoms with Gasteiger partial charge in [0.25, 0.3) is 0 Å². The molecule has 1 N–H and O–H groups in total. The summed E-state index contributed by atoms with van der Waals surface area (Å²) >= 11 is 0. The molecule has 1 aliphatic heterocycles. The molecule has 1 saturated heterocycles. The molecule has 2 aromatic carbocycles. The summed E-state index contributed by atoms with van der Waals surface area (Å²) in [6, 6.07) is 13.9. The van der Waals surface area contributed by atoms with Crippen LogP contribution in [0, 0.1) is 5.41 Å². The van der Waals surface area contributed by atoms with Gasteiger partial charge in [0.2, 0.25) is 0 Å². The number of rotatable bonds is 9. The molecule has 0 amide bonds. The summed E-state index contributed by atoms with van der Waals surface area (Å²) in [6.07, 6.45) is 10.8. The highest BCUT2D eigenvalue weighted by Gasteiger charge is 2.46. The second-order valence-corrected chi connectivity index (χ2v) is 10.7. The first-order valence-corrected chi connectivity index (χ1v) is 13.7. The monoisotopic (exact) mass is 509 g/mol. The van der Waals surface area contributed by atoms with Crippen molar-refractivity contribution in [1.29, 1.82) is 0 Å². The van der Waals surface area contributed by atoms with Crippen LogP contribution in [0.4, 0.5) is 0 Å². The molecule has 194 valence electrons. The summed E-state index contributed by atoms with van der Waals surface area (Å²) < 4.78 is 6.04. The molecule has 36 heavy (non-hydrogen) atoms. The molecule has 1 atom stereocenters. The molecule has 1 heterocycles. The Balaban J connectivity index is 0.00000304. The van der Waals surface area contributed by atoms with Crippen molar-refractivity contribution in [2.75, 3.05) is 26.2 Å². The lowest BCUT2D eigenvalue weighted by Crippen LogP contribution is -2.31. The lowest BCUT2D eigenvalue weighted by Gasteiger charge is -2.36. The predicted octanol–water partition coefficient (Wildman–Crippen LogP) is 7.08. The molecular weight excluding hydrogens is 470 g/mol. The van der Waals surface area contributed by atoms with E-state index in [0.717, 1.165) is 74.1 Å². The standard InChI is InChI=1S/C31H39NO3.ClH/c1-2-3-15-31-16-14-28(34)29(30(31)27-13-10-25(33)21-24(27)22-31)23-8-11-26(12-9-23)35-20-7-19-32-17-5-4-6-18-32;/h8-13,21,33H,2-7,14-20,22H2,1H3;1H. The van der Waals surface area contributed by atoms with Gasteiger partial charge in [0.1, 0.15) is 11.5 Å². The van der Waals surface area contributed by atoms with Crippen molar-refractivity contribution in [2.45, 2.75) is 71.1 Å². The van der Waals surface area contributed by atoms with Gasteiger partial charge in [-0.3, -0.25) is 4.79 Å². The second-order valence-electron chi connectivity index (χ2n) is 10.7. The maximum atomic E-state index is 13.3. The Morgan fingerprint density at radius 1 is 1.03 bits per heavy atom. The first-order chi connectivity index (χ1) is 17.1. The van der Waals surface area contributed by atoms with Crippen LogP contribution in [0.2, 0.25) is 0 Å². The van der Waals surface area contributed by atoms with Gasteiger partial charge in [-0.25, -0.2) is 0 Å². The fraction of sp³-hybridized carbons (Fsp3) is 0.516. The van der Waals surface area contributed by atoms with Gasteiger partial charge >= 0.3 is 0 Å². The summed E-state index contributed by atoms with van der Waals surface area (Å²) in [6.45, 7) is 6.51. The number of ketones is 1. The smallest absolute Gasteiger partial charge is 0.163 e. The number of carbonyl (C=O) groups excluding carboxylic acids is 1. The first-order valence-electron chi connectivity index (χ1n) is 13.7. The average Bonchev–Trinajstić information content (AvgIpc) is 3.20. The molecule has 0 aromatic heterocycles. The number of phenolic OH excluding ortho intramolecular Hbond substituents is 1. The molecule has 0 bridgehead atoms. The number of halogens is 1. The van der Waals surface area contributed by atoms with Crippen molar-refractivity contribution in [3.63, 3.8) is 0 Å². The van der Waals surface area contributed by atoms with Crippen LogP contribution in [0.3, 0.4) is 0 Å². The van der Waals surface area contributed by atoms with E-state index < -0.39 is 0 Å². The van der Waals surface area contributed by atoms with E-state index >= 15 is 0 Å². The van der Waals surface area contributed by atoms with Gasteiger partial charge in [-0.05, 0) is 98.1 Å². The molecule has 2 aromatic rings. The number of nitrogens with zero attached hydrogens (tertiary/aromatic N) is 1. The molecule has 0 saturated carbocycles. The number of aromatic hydroxyl groups is 1. The fourth-order valence-corrected chi connectivity index (χ4v) is 6.48. The van der Waals surface area contributed by atoms with Crippen molar-refractivity contribution in [2.24, 2.45) is 5.41 Å². The number of piperidine rings is 1. The number of carbonyl (C=O) groups is 1. The summed E-state index contributed by atoms with van der Waals surface area (Å²) in [5.74, 6) is 1.42. The predicted molar refractivity (Wildman–Crippen MR) is 149 cm³/mol. The van der Waals surface area contributed by atoms with E-state index in [9.17, 15) is 9.90 Å². The summed E-state index contributed by atoms with van der Waals surface area (Å²) in [5.41, 5.74) is 5.42. The van der Waals surface area contributed by atoms with E-state index in [1.165, 1.54) is 43.5 Å². The number of Topliss-reactive ketones (excluding diaryl/α,β-unsaturated/α-hetero) is 1. The molecule has 4 nitrogen and oxygen atoms in total. The number of likely N-dealkylation sites (tertiary alicyclic amines) is 1. The van der Waals surface area contributed by atoms with E-state index in [-0.39, 0.29) is 23.6 Å². The van der Waals surface area contributed by atoms with Gasteiger partial charge in [-0.2, -0.15) is 0 Å². The van der Waals surface area contributed by atoms with Crippen molar-refractivity contribution >= 4 is 29.3 Å². The van der Waals surface area contributed by atoms with Gasteiger partial charge in [-0.1, -0.05) is 44.4 Å². The Labute approximate surface area is 222 Å². The van der Waals surface area contributed by atoms with Crippen LogP contribution in [0.15, 0.2) is 42.5 Å². The molecule has 0 radical (unpaired) electrons. The minimum absolute atomic E-state index is 0. The lowest BCUT2D eigenvalue weighted by molar-refractivity contribution is -0.114. The summed E-state index contributed by atoms with van der Waals surface area (Å²) in [5, 5.41) is 10.1. The van der Waals surface area contributed by atoms with E-state index in [2.05, 4.69) is 24.0 Å². The molecule has 3 aliphatic rings. The highest BCUT2D eigenvalue weighted by molar-refractivity contribution is 6.30. The molecule has 5 rings (SSSR count). The molecule has 5 heteroatoms. The molecule has 0 spiro atoms. The average molecular weight is 510 g/mol. The van der Waals surface area contributed by atoms with Crippen LogP contribution in [-0.2, 0) is 11.2 Å². The SMILES string of the molecule is CCCCC12CCC(=O)C(c3ccc(OCCCN4CCCCC4)cc3)=C1c1ccc(O)cc1C2.Cl. The zero-order valence-electron chi connectivity index (χ0n) is 21.6. The number of fused-ring (bicyclic) bond motifs is 3. The van der Waals surface area contributed by atoms with E-state index in [1.807, 2.05) is 24.3 Å². The highest BCUT2D eigenvalue weighted by Crippen LogP contribution is 2.58. The first kappa shape index (κ1) is 26.8. The molecule has 1 fully saturated rings. The number of unbranched alkanes of at least 4 members (excludes halogenated alkanes) is 1. The third-order valence-corrected chi connectivity index (χ3v) is 8.26. The number of hydrogen-bond donors (Lipinski definition) is 1. The van der Waals surface area contributed by atoms with Gasteiger partial charge in [-0.15, -0.1) is 12.4 Å². The van der Waals surface area contributed by atoms with Crippen LogP contribution in [0.5, 0.6) is 11.5 Å². The van der Waals surface area contributed by atoms with Gasteiger partial charge in [0, 0.05) is 24.0 Å². The third kappa shape index (κ3) is 5.50. The molecule has 2 aliphatic carbocycles. The van der Waals surface area contributed by atoms with Gasteiger partial charge < -0.3 is 14.7 Å². The Bertz CT molecular complexity index is 1090. The highest BCUT2D eigenvalue weighted by atomic mass is 35.5. The topological polar surface area (TPSA) is 49.8 Å². The van der Waals surface area contributed by atoms with Gasteiger partial charge in [0.15, 0.2) is 5.78 Å². The fourth-order valence-electron chi connectivity index (χ4n) is 6.48. The normalized spacial score (nSPS) is 21.6. The molecule has 1 unspecified atom stereocenters. The van der Waals surface area contributed by atoms with Crippen LogP contribution >= 0.6 is 12.4 Å². The number of ether oxygens (including phenoxy) is 1. The zero-order chi connectivity index (χ0) is 24.3. The summed E-state index contributed by atoms with van der Waals surface area (Å²) in [7, 11) is 0. The number of hydrogen-bond acceptors (Lipinski definition) is 4. The number of phenols is 1. The maximum Gasteiger partial charge on any atom is 0.163 e. The summed E-state index contributed by atoms with van der Waals surface area (Å²) in [4.78, 5) is 15.9. The quantitative estimate of drug-likeness (QED) is 0.367. The largest absolute Gasteiger partial charge is 0.508 e. The van der Waals surface area contributed by atoms with E-state index in [0.29, 0.717) is 12.2 Å². The Kier molecular flexibility index (Phi) is 8.79. The maximum absolute atomic E-state index is 13.3. The van der Waals surface area contributed by atoms with Crippen molar-refractivity contribution in [1.82, 2.24) is 4.90 Å². The van der Waals surface area contributed by atoms with Gasteiger partial charge in [0.05, 0.1) is 6.61 Å². The lowest BCUT2D eigenvalue weighted by atomic mass is 9.66. The van der Waals surface area contributed by atoms with Crippen LogP contribution in [0.1, 0.15) is 81.4 Å². The second kappa shape index (κ2) is 11.8. The Morgan fingerprint density at radius 2 is 1.81 bits per heavy atom. The number of allylic oxidation sites excluding steroid dienone is 2. The third-order valence-electron chi connectivity index (χ3n) is 8.26. The van der Waals surface area contributed by atoms with Crippen molar-refractivity contribution in [3.05, 3.63) is 59.2 Å². The zero-order valence-corrected chi connectivity index (χ0v) is 22.4.